The fraction of sp³-hybridized carbons (Fsp3) is 0.462. The third-order valence-corrected chi connectivity index (χ3v) is 3.12. The maximum Gasteiger partial charge on any atom is 0.130 e. The van der Waals surface area contributed by atoms with E-state index in [-0.39, 0.29) is 5.78 Å². The Morgan fingerprint density at radius 2 is 1.93 bits per heavy atom. The highest BCUT2D eigenvalue weighted by atomic mass is 32.2. The van der Waals surface area contributed by atoms with Gasteiger partial charge in [0.05, 0.1) is 0 Å². The van der Waals surface area contributed by atoms with Gasteiger partial charge in [-0.2, -0.15) is 0 Å². The first-order chi connectivity index (χ1) is 7.11. The number of carbonyl (C=O) groups is 1. The molecule has 0 aliphatic rings. The average Bonchev–Trinajstić information content (AvgIpc) is 2.17. The Morgan fingerprint density at radius 3 is 2.40 bits per heavy atom. The molecule has 0 saturated carbocycles. The fourth-order valence-corrected chi connectivity index (χ4v) is 2.14. The summed E-state index contributed by atoms with van der Waals surface area (Å²) < 4.78 is 0. The van der Waals surface area contributed by atoms with Crippen molar-refractivity contribution in [1.29, 1.82) is 0 Å². The Balaban J connectivity index is 2.53. The number of hydrogen-bond donors (Lipinski definition) is 0. The molecule has 15 heavy (non-hydrogen) atoms. The lowest BCUT2D eigenvalue weighted by molar-refractivity contribution is -0.117. The van der Waals surface area contributed by atoms with Gasteiger partial charge in [0.25, 0.3) is 0 Å². The molecule has 1 unspecified atom stereocenters. The lowest BCUT2D eigenvalue weighted by Crippen LogP contribution is -2.04. The summed E-state index contributed by atoms with van der Waals surface area (Å²) in [6, 6.07) is 8.59. The van der Waals surface area contributed by atoms with Crippen molar-refractivity contribution in [3.05, 3.63) is 29.8 Å². The van der Waals surface area contributed by atoms with Crippen LogP contribution < -0.4 is 0 Å². The van der Waals surface area contributed by atoms with Crippen LogP contribution in [0.4, 0.5) is 0 Å². The third kappa shape index (κ3) is 4.52. The number of carbonyl (C=O) groups excluding carboxylic acids is 1. The molecule has 0 fully saturated rings. The van der Waals surface area contributed by atoms with Gasteiger partial charge in [-0.3, -0.25) is 0 Å². The zero-order valence-corrected chi connectivity index (χ0v) is 10.4. The Morgan fingerprint density at radius 1 is 1.33 bits per heavy atom. The molecule has 0 heterocycles. The first kappa shape index (κ1) is 12.3. The van der Waals surface area contributed by atoms with E-state index in [4.69, 9.17) is 0 Å². The van der Waals surface area contributed by atoms with Crippen molar-refractivity contribution in [1.82, 2.24) is 0 Å². The van der Waals surface area contributed by atoms with E-state index in [2.05, 4.69) is 37.4 Å². The van der Waals surface area contributed by atoms with Crippen LogP contribution in [0.15, 0.2) is 29.2 Å². The van der Waals surface area contributed by atoms with Crippen molar-refractivity contribution in [2.45, 2.75) is 31.6 Å². The van der Waals surface area contributed by atoms with Crippen molar-refractivity contribution in [2.75, 3.05) is 6.26 Å². The lowest BCUT2D eigenvalue weighted by atomic mass is 9.97. The first-order valence-corrected chi connectivity index (χ1v) is 6.46. The topological polar surface area (TPSA) is 17.1 Å². The number of rotatable bonds is 5. The molecule has 0 radical (unpaired) electrons. The van der Waals surface area contributed by atoms with Crippen LogP contribution >= 0.6 is 11.8 Å². The molecule has 0 spiro atoms. The molecule has 82 valence electrons. The van der Waals surface area contributed by atoms with Crippen molar-refractivity contribution >= 4 is 17.5 Å². The van der Waals surface area contributed by atoms with Crippen LogP contribution in [0.1, 0.15) is 25.8 Å². The fourth-order valence-electron chi connectivity index (χ4n) is 1.73. The Labute approximate surface area is 96.3 Å². The summed E-state index contributed by atoms with van der Waals surface area (Å²) in [7, 11) is 0. The highest BCUT2D eigenvalue weighted by Gasteiger charge is 2.06. The van der Waals surface area contributed by atoms with E-state index in [1.54, 1.807) is 18.7 Å². The smallest absolute Gasteiger partial charge is 0.130 e. The molecule has 1 nitrogen and oxygen atoms in total. The van der Waals surface area contributed by atoms with Crippen LogP contribution in [0.5, 0.6) is 0 Å². The van der Waals surface area contributed by atoms with E-state index >= 15 is 0 Å². The van der Waals surface area contributed by atoms with E-state index < -0.39 is 0 Å². The Hall–Kier alpha value is -0.760. The van der Waals surface area contributed by atoms with Crippen LogP contribution in [-0.2, 0) is 11.2 Å². The molecule has 0 saturated heterocycles. The van der Waals surface area contributed by atoms with Crippen LogP contribution in [0.2, 0.25) is 0 Å². The quantitative estimate of drug-likeness (QED) is 0.708. The number of Topliss-reactive ketones (excluding diaryl/α,β-unsaturated/α-hetero) is 1. The molecule has 0 N–H and O–H groups in total. The second-order valence-electron chi connectivity index (χ2n) is 4.06. The highest BCUT2D eigenvalue weighted by molar-refractivity contribution is 7.98. The molecule has 0 aliphatic carbocycles. The monoisotopic (exact) mass is 222 g/mol. The van der Waals surface area contributed by atoms with Crippen LogP contribution in [0, 0.1) is 5.92 Å². The number of thioether (sulfide) groups is 1. The number of hydrogen-bond acceptors (Lipinski definition) is 2. The number of ketones is 1. The van der Waals surface area contributed by atoms with E-state index in [9.17, 15) is 4.79 Å². The molecule has 1 aromatic rings. The van der Waals surface area contributed by atoms with Gasteiger partial charge in [0.2, 0.25) is 0 Å². The minimum Gasteiger partial charge on any atom is -0.300 e. The zero-order valence-electron chi connectivity index (χ0n) is 9.62. The normalized spacial score (nSPS) is 12.5. The van der Waals surface area contributed by atoms with Crippen molar-refractivity contribution in [2.24, 2.45) is 5.92 Å². The first-order valence-electron chi connectivity index (χ1n) is 5.24. The van der Waals surface area contributed by atoms with Gasteiger partial charge in [-0.15, -0.1) is 11.8 Å². The van der Waals surface area contributed by atoms with Crippen molar-refractivity contribution < 1.29 is 4.79 Å². The molecule has 0 aliphatic heterocycles. The van der Waals surface area contributed by atoms with Gasteiger partial charge < -0.3 is 4.79 Å². The predicted molar refractivity (Wildman–Crippen MR) is 66.4 cm³/mol. The Bertz CT molecular complexity index is 316. The van der Waals surface area contributed by atoms with Crippen LogP contribution in [0.3, 0.4) is 0 Å². The van der Waals surface area contributed by atoms with Crippen molar-refractivity contribution in [3.63, 3.8) is 0 Å². The molecule has 1 atom stereocenters. The number of benzene rings is 1. The summed E-state index contributed by atoms with van der Waals surface area (Å²) in [4.78, 5) is 12.2. The minimum atomic E-state index is 0.281. The zero-order chi connectivity index (χ0) is 11.3. The predicted octanol–water partition coefficient (Wildman–Crippen LogP) is 3.57. The lowest BCUT2D eigenvalue weighted by Gasteiger charge is -2.09. The van der Waals surface area contributed by atoms with Gasteiger partial charge in [0, 0.05) is 11.3 Å². The van der Waals surface area contributed by atoms with Gasteiger partial charge in [0.15, 0.2) is 0 Å². The second kappa shape index (κ2) is 5.96. The summed E-state index contributed by atoms with van der Waals surface area (Å²) in [5.74, 6) is 0.728. The van der Waals surface area contributed by atoms with Crippen molar-refractivity contribution in [3.8, 4) is 0 Å². The van der Waals surface area contributed by atoms with Gasteiger partial charge in [0.1, 0.15) is 5.78 Å². The summed E-state index contributed by atoms with van der Waals surface area (Å²) in [6.07, 6.45) is 3.76. The minimum absolute atomic E-state index is 0.281. The maximum atomic E-state index is 10.9. The molecule has 0 amide bonds. The molecule has 0 aromatic heterocycles. The Kier molecular flexibility index (Phi) is 4.89. The van der Waals surface area contributed by atoms with E-state index in [0.717, 1.165) is 6.42 Å². The average molecular weight is 222 g/mol. The summed E-state index contributed by atoms with van der Waals surface area (Å²) in [5.41, 5.74) is 1.32. The highest BCUT2D eigenvalue weighted by Crippen LogP contribution is 2.17. The third-order valence-electron chi connectivity index (χ3n) is 2.38. The molecular weight excluding hydrogens is 204 g/mol. The van der Waals surface area contributed by atoms with Gasteiger partial charge >= 0.3 is 0 Å². The SMILES string of the molecule is CSc1ccc(CC(C)CC(C)=O)cc1. The van der Waals surface area contributed by atoms with Gasteiger partial charge in [-0.1, -0.05) is 19.1 Å². The molecule has 1 aromatic carbocycles. The van der Waals surface area contributed by atoms with Gasteiger partial charge in [-0.05, 0) is 43.2 Å². The maximum absolute atomic E-state index is 10.9. The molecule has 1 rings (SSSR count). The second-order valence-corrected chi connectivity index (χ2v) is 4.94. The van der Waals surface area contributed by atoms with E-state index in [1.165, 1.54) is 10.5 Å². The molecular formula is C13H18OS. The molecule has 0 bridgehead atoms. The largest absolute Gasteiger partial charge is 0.300 e. The summed E-state index contributed by atoms with van der Waals surface area (Å²) in [5, 5.41) is 0. The van der Waals surface area contributed by atoms with Crippen LogP contribution in [-0.4, -0.2) is 12.0 Å². The molecule has 2 heteroatoms. The summed E-state index contributed by atoms with van der Waals surface area (Å²) >= 11 is 1.75. The standard InChI is InChI=1S/C13H18OS/c1-10(8-11(2)14)9-12-4-6-13(15-3)7-5-12/h4-7,10H,8-9H2,1-3H3. The van der Waals surface area contributed by atoms with E-state index in [1.807, 2.05) is 0 Å². The van der Waals surface area contributed by atoms with Gasteiger partial charge in [-0.25, -0.2) is 0 Å². The van der Waals surface area contributed by atoms with Crippen LogP contribution in [0.25, 0.3) is 0 Å². The van der Waals surface area contributed by atoms with E-state index in [0.29, 0.717) is 12.3 Å². The summed E-state index contributed by atoms with van der Waals surface area (Å²) in [6.45, 7) is 3.79.